The van der Waals surface area contributed by atoms with Crippen molar-refractivity contribution in [1.29, 1.82) is 0 Å². The first kappa shape index (κ1) is 14.5. The fourth-order valence-electron chi connectivity index (χ4n) is 1.53. The zero-order valence-electron chi connectivity index (χ0n) is 9.88. The van der Waals surface area contributed by atoms with E-state index in [4.69, 9.17) is 11.6 Å². The molecule has 0 atom stereocenters. The summed E-state index contributed by atoms with van der Waals surface area (Å²) in [4.78, 5) is 16.2. The van der Waals surface area contributed by atoms with Crippen LogP contribution in [0.4, 0.5) is 5.69 Å². The van der Waals surface area contributed by atoms with Crippen LogP contribution in [0.3, 0.4) is 0 Å². The van der Waals surface area contributed by atoms with E-state index in [0.29, 0.717) is 15.7 Å². The van der Waals surface area contributed by atoms with Crippen LogP contribution in [-0.2, 0) is 0 Å². The van der Waals surface area contributed by atoms with Crippen molar-refractivity contribution < 1.29 is 4.79 Å². The third-order valence-electron chi connectivity index (χ3n) is 2.53. The van der Waals surface area contributed by atoms with E-state index >= 15 is 0 Å². The molecule has 0 saturated carbocycles. The van der Waals surface area contributed by atoms with Crippen LogP contribution >= 0.6 is 43.5 Å². The zero-order valence-corrected chi connectivity index (χ0v) is 13.8. The summed E-state index contributed by atoms with van der Waals surface area (Å²) >= 11 is 12.7. The number of hydrogen-bond acceptors (Lipinski definition) is 2. The van der Waals surface area contributed by atoms with Crippen molar-refractivity contribution in [3.05, 3.63) is 55.7 Å². The molecule has 0 unspecified atom stereocenters. The number of aromatic nitrogens is 1. The topological polar surface area (TPSA) is 42.0 Å². The quantitative estimate of drug-likeness (QED) is 0.729. The van der Waals surface area contributed by atoms with Crippen LogP contribution in [0.5, 0.6) is 0 Å². The number of rotatable bonds is 2. The van der Waals surface area contributed by atoms with E-state index < -0.39 is 0 Å². The Morgan fingerprint density at radius 2 is 2.05 bits per heavy atom. The first-order valence-corrected chi connectivity index (χ1v) is 7.33. The zero-order chi connectivity index (χ0) is 14.0. The smallest absolute Gasteiger partial charge is 0.256 e. The molecule has 1 aromatic carbocycles. The number of nitrogens with one attached hydrogen (secondary N) is 1. The molecule has 98 valence electrons. The van der Waals surface area contributed by atoms with Gasteiger partial charge in [0, 0.05) is 15.1 Å². The maximum Gasteiger partial charge on any atom is 0.256 e. The van der Waals surface area contributed by atoms with Crippen molar-refractivity contribution in [1.82, 2.24) is 4.98 Å². The SMILES string of the molecule is Cc1ccnc(Cl)c1NC(=O)c1ccc(Br)cc1Br. The highest BCUT2D eigenvalue weighted by atomic mass is 79.9. The van der Waals surface area contributed by atoms with Gasteiger partial charge >= 0.3 is 0 Å². The second-order valence-electron chi connectivity index (χ2n) is 3.87. The first-order valence-electron chi connectivity index (χ1n) is 5.36. The first-order chi connectivity index (χ1) is 8.99. The fourth-order valence-corrected chi connectivity index (χ4v) is 3.01. The molecule has 3 nitrogen and oxygen atoms in total. The summed E-state index contributed by atoms with van der Waals surface area (Å²) in [7, 11) is 0. The van der Waals surface area contributed by atoms with Gasteiger partial charge in [-0.15, -0.1) is 0 Å². The Balaban J connectivity index is 2.31. The molecule has 1 amide bonds. The molecule has 0 aliphatic rings. The summed E-state index contributed by atoms with van der Waals surface area (Å²) < 4.78 is 1.60. The van der Waals surface area contributed by atoms with E-state index in [1.54, 1.807) is 24.4 Å². The van der Waals surface area contributed by atoms with Crippen molar-refractivity contribution in [3.8, 4) is 0 Å². The van der Waals surface area contributed by atoms with Gasteiger partial charge < -0.3 is 5.32 Å². The Kier molecular flexibility index (Phi) is 4.60. The van der Waals surface area contributed by atoms with E-state index in [0.717, 1.165) is 10.0 Å². The Bertz CT molecular complexity index is 626. The Morgan fingerprint density at radius 1 is 1.32 bits per heavy atom. The largest absolute Gasteiger partial charge is 0.319 e. The van der Waals surface area contributed by atoms with Crippen LogP contribution < -0.4 is 5.32 Å². The minimum Gasteiger partial charge on any atom is -0.319 e. The van der Waals surface area contributed by atoms with Crippen molar-refractivity contribution in [2.75, 3.05) is 5.32 Å². The van der Waals surface area contributed by atoms with Gasteiger partial charge in [0.25, 0.3) is 5.91 Å². The highest BCUT2D eigenvalue weighted by Gasteiger charge is 2.13. The maximum atomic E-state index is 12.2. The minimum atomic E-state index is -0.239. The standard InChI is InChI=1S/C13H9Br2ClN2O/c1-7-4-5-17-12(16)11(7)18-13(19)9-3-2-8(14)6-10(9)15/h2-6H,1H3,(H,18,19). The predicted molar refractivity (Wildman–Crippen MR) is 83.8 cm³/mol. The number of hydrogen-bond donors (Lipinski definition) is 1. The van der Waals surface area contributed by atoms with E-state index in [1.165, 1.54) is 0 Å². The van der Waals surface area contributed by atoms with Gasteiger partial charge in [-0.2, -0.15) is 0 Å². The van der Waals surface area contributed by atoms with Gasteiger partial charge in [-0.25, -0.2) is 4.98 Å². The summed E-state index contributed by atoms with van der Waals surface area (Å²) in [5.74, 6) is -0.239. The second-order valence-corrected chi connectivity index (χ2v) is 6.00. The van der Waals surface area contributed by atoms with Gasteiger partial charge in [-0.1, -0.05) is 27.5 Å². The van der Waals surface area contributed by atoms with Crippen molar-refractivity contribution in [2.45, 2.75) is 6.92 Å². The molecule has 1 N–H and O–H groups in total. The highest BCUT2D eigenvalue weighted by Crippen LogP contribution is 2.26. The molecular formula is C13H9Br2ClN2O. The van der Waals surface area contributed by atoms with Crippen molar-refractivity contribution >= 4 is 55.1 Å². The third kappa shape index (κ3) is 3.35. The molecule has 0 saturated heterocycles. The van der Waals surface area contributed by atoms with Crippen LogP contribution in [0.2, 0.25) is 5.15 Å². The van der Waals surface area contributed by atoms with Gasteiger partial charge in [-0.3, -0.25) is 4.79 Å². The van der Waals surface area contributed by atoms with Crippen LogP contribution in [0.1, 0.15) is 15.9 Å². The molecule has 2 aromatic rings. The molecule has 6 heteroatoms. The van der Waals surface area contributed by atoms with Crippen LogP contribution in [0.25, 0.3) is 0 Å². The number of anilines is 1. The molecule has 1 heterocycles. The monoisotopic (exact) mass is 402 g/mol. The summed E-state index contributed by atoms with van der Waals surface area (Å²) in [6.45, 7) is 1.86. The lowest BCUT2D eigenvalue weighted by Gasteiger charge is -2.10. The molecule has 0 radical (unpaired) electrons. The van der Waals surface area contributed by atoms with Crippen molar-refractivity contribution in [3.63, 3.8) is 0 Å². The number of pyridine rings is 1. The maximum absolute atomic E-state index is 12.2. The Labute approximate surface area is 132 Å². The van der Waals surface area contributed by atoms with Gasteiger partial charge in [0.2, 0.25) is 0 Å². The Morgan fingerprint density at radius 3 is 2.68 bits per heavy atom. The number of carbonyl (C=O) groups excluding carboxylic acids is 1. The predicted octanol–water partition coefficient (Wildman–Crippen LogP) is 4.82. The number of benzene rings is 1. The second kappa shape index (κ2) is 6.03. The molecule has 0 aliphatic heterocycles. The average molecular weight is 404 g/mol. The van der Waals surface area contributed by atoms with Crippen LogP contribution in [0.15, 0.2) is 39.4 Å². The molecule has 0 bridgehead atoms. The molecule has 0 spiro atoms. The molecule has 0 fully saturated rings. The van der Waals surface area contributed by atoms with Gasteiger partial charge in [-0.05, 0) is 52.7 Å². The van der Waals surface area contributed by atoms with Crippen LogP contribution in [-0.4, -0.2) is 10.9 Å². The van der Waals surface area contributed by atoms with E-state index in [-0.39, 0.29) is 11.1 Å². The van der Waals surface area contributed by atoms with Crippen LogP contribution in [0, 0.1) is 6.92 Å². The minimum absolute atomic E-state index is 0.239. The summed E-state index contributed by atoms with van der Waals surface area (Å²) in [6, 6.07) is 7.13. The molecule has 1 aromatic heterocycles. The summed E-state index contributed by atoms with van der Waals surface area (Å²) in [5.41, 5.74) is 1.92. The van der Waals surface area contributed by atoms with E-state index in [2.05, 4.69) is 42.2 Å². The van der Waals surface area contributed by atoms with Gasteiger partial charge in [0.05, 0.1) is 11.3 Å². The summed E-state index contributed by atoms with van der Waals surface area (Å²) in [6.07, 6.45) is 1.60. The molecule has 0 aliphatic carbocycles. The molecule has 19 heavy (non-hydrogen) atoms. The Hall–Kier alpha value is -0.910. The number of halogens is 3. The van der Waals surface area contributed by atoms with E-state index in [1.807, 2.05) is 13.0 Å². The lowest BCUT2D eigenvalue weighted by Crippen LogP contribution is -2.14. The summed E-state index contributed by atoms with van der Waals surface area (Å²) in [5, 5.41) is 3.06. The number of amides is 1. The fraction of sp³-hybridized carbons (Fsp3) is 0.0769. The normalized spacial score (nSPS) is 10.3. The van der Waals surface area contributed by atoms with Gasteiger partial charge in [0.1, 0.15) is 0 Å². The number of aryl methyl sites for hydroxylation is 1. The molecular weight excluding hydrogens is 395 g/mol. The molecule has 2 rings (SSSR count). The van der Waals surface area contributed by atoms with E-state index in [9.17, 15) is 4.79 Å². The number of carbonyl (C=O) groups is 1. The lowest BCUT2D eigenvalue weighted by atomic mass is 10.2. The number of nitrogens with zero attached hydrogens (tertiary/aromatic N) is 1. The van der Waals surface area contributed by atoms with Gasteiger partial charge in [0.15, 0.2) is 5.15 Å². The lowest BCUT2D eigenvalue weighted by molar-refractivity contribution is 0.102. The average Bonchev–Trinajstić information content (AvgIpc) is 2.33. The highest BCUT2D eigenvalue weighted by molar-refractivity contribution is 9.11. The third-order valence-corrected chi connectivity index (χ3v) is 3.96. The van der Waals surface area contributed by atoms with Crippen molar-refractivity contribution in [2.24, 2.45) is 0 Å².